The number of carbonyl (C=O) groups excluding carboxylic acids is 1. The summed E-state index contributed by atoms with van der Waals surface area (Å²) in [6.07, 6.45) is 2.09. The van der Waals surface area contributed by atoms with Crippen LogP contribution >= 0.6 is 34.8 Å². The minimum Gasteiger partial charge on any atom is -0.461 e. The molecule has 5 aromatic rings. The Balaban J connectivity index is 1.10. The number of benzene rings is 2. The highest BCUT2D eigenvalue weighted by Crippen LogP contribution is 2.48. The fourth-order valence-corrected chi connectivity index (χ4v) is 5.93. The van der Waals surface area contributed by atoms with Crippen LogP contribution in [0, 0.1) is 0 Å². The van der Waals surface area contributed by atoms with E-state index in [1.165, 1.54) is 22.9 Å². The second-order valence-electron chi connectivity index (χ2n) is 8.87. The minimum absolute atomic E-state index is 0.00545. The highest BCUT2D eigenvalue weighted by atomic mass is 35.5. The van der Waals surface area contributed by atoms with Crippen LogP contribution in [0.3, 0.4) is 0 Å². The van der Waals surface area contributed by atoms with Crippen molar-refractivity contribution in [1.82, 2.24) is 24.6 Å². The van der Waals surface area contributed by atoms with Gasteiger partial charge in [0.15, 0.2) is 5.76 Å². The number of amides is 1. The van der Waals surface area contributed by atoms with Crippen LogP contribution in [0.1, 0.15) is 11.1 Å². The predicted octanol–water partition coefficient (Wildman–Crippen LogP) is 4.05. The van der Waals surface area contributed by atoms with E-state index in [0.29, 0.717) is 30.2 Å². The van der Waals surface area contributed by atoms with Crippen molar-refractivity contribution in [1.29, 1.82) is 0 Å². The Kier molecular flexibility index (Phi) is 6.65. The van der Waals surface area contributed by atoms with E-state index in [-0.39, 0.29) is 38.8 Å². The van der Waals surface area contributed by atoms with Gasteiger partial charge in [0.05, 0.1) is 21.9 Å². The number of fused-ring (bicyclic) bond motifs is 2. The van der Waals surface area contributed by atoms with Gasteiger partial charge in [-0.1, -0.05) is 46.9 Å². The smallest absolute Gasteiger partial charge is 0.265 e. The molecule has 210 valence electrons. The number of nitrogens with two attached hydrogens (primary N) is 1. The average Bonchev–Trinajstić information content (AvgIpc) is 3.65. The number of rotatable bonds is 8. The maximum Gasteiger partial charge on any atom is 0.265 e. The topological polar surface area (TPSA) is 182 Å². The van der Waals surface area contributed by atoms with Gasteiger partial charge in [0.25, 0.3) is 21.7 Å². The number of alkyl halides is 2. The Labute approximate surface area is 247 Å². The fourth-order valence-electron chi connectivity index (χ4n) is 4.09. The molecule has 2 aromatic carbocycles. The average molecular weight is 635 g/mol. The van der Waals surface area contributed by atoms with Crippen LogP contribution in [-0.2, 0) is 25.6 Å². The largest absolute Gasteiger partial charge is 0.461 e. The molecule has 0 spiro atoms. The first-order valence-electron chi connectivity index (χ1n) is 11.8. The quantitative estimate of drug-likeness (QED) is 0.182. The van der Waals surface area contributed by atoms with Crippen LogP contribution in [-0.4, -0.2) is 45.4 Å². The summed E-state index contributed by atoms with van der Waals surface area (Å²) < 4.78 is 33.2. The van der Waals surface area contributed by atoms with E-state index < -0.39 is 20.3 Å². The maximum atomic E-state index is 13.0. The summed E-state index contributed by atoms with van der Waals surface area (Å²) in [4.78, 5) is 24.7. The van der Waals surface area contributed by atoms with Gasteiger partial charge in [-0.05, 0) is 48.4 Å². The summed E-state index contributed by atoms with van der Waals surface area (Å²) >= 11 is 18.4. The second-order valence-corrected chi connectivity index (χ2v) is 12.3. The third-order valence-corrected chi connectivity index (χ3v) is 8.52. The summed E-state index contributed by atoms with van der Waals surface area (Å²) in [5.74, 6) is 0.751. The molecule has 0 unspecified atom stereocenters. The van der Waals surface area contributed by atoms with Crippen molar-refractivity contribution in [2.24, 2.45) is 0 Å². The van der Waals surface area contributed by atoms with Crippen molar-refractivity contribution in [2.45, 2.75) is 15.6 Å². The normalized spacial score (nSPS) is 14.2. The van der Waals surface area contributed by atoms with Gasteiger partial charge in [-0.2, -0.15) is 19.5 Å². The lowest BCUT2D eigenvalue weighted by atomic mass is 10.1. The van der Waals surface area contributed by atoms with Crippen molar-refractivity contribution in [3.8, 4) is 11.6 Å². The van der Waals surface area contributed by atoms with Crippen LogP contribution in [0.2, 0.25) is 5.02 Å². The number of sulfonamides is 1. The first-order valence-corrected chi connectivity index (χ1v) is 14.5. The summed E-state index contributed by atoms with van der Waals surface area (Å²) in [6.45, 7) is 0.457. The SMILES string of the molecule is Nc1nc(NCCc2ccc(NS(=O)(=O)c3cc(Cl)c4c(c3)C(Cl)(Cl)C(=O)N4)cc2)nc2nc(-c3ccco3)nn12. The van der Waals surface area contributed by atoms with E-state index in [1.807, 2.05) is 0 Å². The van der Waals surface area contributed by atoms with Crippen LogP contribution < -0.4 is 21.1 Å². The van der Waals surface area contributed by atoms with Crippen LogP contribution in [0.25, 0.3) is 17.4 Å². The number of anilines is 4. The molecular weight excluding hydrogens is 617 g/mol. The molecule has 0 bridgehead atoms. The number of hydrogen-bond donors (Lipinski definition) is 4. The van der Waals surface area contributed by atoms with Gasteiger partial charge in [-0.25, -0.2) is 8.42 Å². The number of nitrogen functional groups attached to an aromatic ring is 1. The van der Waals surface area contributed by atoms with E-state index in [9.17, 15) is 13.2 Å². The molecule has 1 aliphatic rings. The number of hydrogen-bond acceptors (Lipinski definition) is 10. The summed E-state index contributed by atoms with van der Waals surface area (Å²) in [5, 5.41) is 9.80. The summed E-state index contributed by atoms with van der Waals surface area (Å²) in [7, 11) is -4.08. The first-order chi connectivity index (χ1) is 19.5. The second kappa shape index (κ2) is 10.1. The van der Waals surface area contributed by atoms with Crippen molar-refractivity contribution < 1.29 is 17.6 Å². The molecule has 17 heteroatoms. The van der Waals surface area contributed by atoms with Crippen molar-refractivity contribution >= 4 is 79.8 Å². The monoisotopic (exact) mass is 633 g/mol. The highest BCUT2D eigenvalue weighted by Gasteiger charge is 2.45. The molecule has 6 rings (SSSR count). The predicted molar refractivity (Wildman–Crippen MR) is 154 cm³/mol. The van der Waals surface area contributed by atoms with Crippen LogP contribution in [0.4, 0.5) is 23.3 Å². The molecule has 13 nitrogen and oxygen atoms in total. The number of nitrogens with zero attached hydrogens (tertiary/aromatic N) is 5. The zero-order valence-electron chi connectivity index (χ0n) is 20.6. The van der Waals surface area contributed by atoms with Crippen LogP contribution in [0.15, 0.2) is 64.1 Å². The lowest BCUT2D eigenvalue weighted by molar-refractivity contribution is -0.116. The van der Waals surface area contributed by atoms with Gasteiger partial charge in [-0.3, -0.25) is 9.52 Å². The Bertz CT molecular complexity index is 1910. The molecule has 0 aliphatic carbocycles. The Morgan fingerprint density at radius 3 is 2.61 bits per heavy atom. The zero-order valence-corrected chi connectivity index (χ0v) is 23.7. The molecule has 0 fully saturated rings. The molecule has 0 saturated carbocycles. The van der Waals surface area contributed by atoms with Gasteiger partial charge in [-0.15, -0.1) is 5.10 Å². The molecule has 5 N–H and O–H groups in total. The van der Waals surface area contributed by atoms with Gasteiger partial charge in [0.1, 0.15) is 0 Å². The minimum atomic E-state index is -4.08. The van der Waals surface area contributed by atoms with Crippen molar-refractivity contribution in [3.05, 3.63) is 70.9 Å². The lowest BCUT2D eigenvalue weighted by Gasteiger charge is -2.14. The maximum absolute atomic E-state index is 13.0. The number of carbonyl (C=O) groups is 1. The summed E-state index contributed by atoms with van der Waals surface area (Å²) in [6, 6.07) is 12.7. The zero-order chi connectivity index (χ0) is 28.9. The lowest BCUT2D eigenvalue weighted by Crippen LogP contribution is -2.21. The van der Waals surface area contributed by atoms with E-state index in [4.69, 9.17) is 45.0 Å². The van der Waals surface area contributed by atoms with Crippen LogP contribution in [0.5, 0.6) is 0 Å². The van der Waals surface area contributed by atoms with E-state index in [2.05, 4.69) is 35.4 Å². The van der Waals surface area contributed by atoms with Gasteiger partial charge in [0, 0.05) is 17.8 Å². The Morgan fingerprint density at radius 1 is 1.10 bits per heavy atom. The number of furan rings is 1. The number of aromatic nitrogens is 5. The van der Waals surface area contributed by atoms with Crippen molar-refractivity contribution in [2.75, 3.05) is 27.6 Å². The fraction of sp³-hybridized carbons (Fsp3) is 0.125. The van der Waals surface area contributed by atoms with E-state index in [0.717, 1.165) is 5.56 Å². The van der Waals surface area contributed by atoms with Gasteiger partial charge in [0.2, 0.25) is 22.1 Å². The molecule has 0 radical (unpaired) electrons. The van der Waals surface area contributed by atoms with E-state index in [1.54, 1.807) is 36.4 Å². The molecule has 4 heterocycles. The third-order valence-electron chi connectivity index (χ3n) is 6.11. The van der Waals surface area contributed by atoms with E-state index >= 15 is 0 Å². The standard InChI is InChI=1S/C24H18Cl3N9O4S/c25-16-11-14(10-15-18(16)30-20(37)24(15,26)27)41(38,39)35-13-5-3-12(4-6-13)7-8-29-22-32-21(28)36-23(33-22)31-19(34-36)17-2-1-9-40-17/h1-6,9-11,35H,7-8H2,(H,30,37)(H3,28,29,31,32,33,34). The first kappa shape index (κ1) is 27.1. The third kappa shape index (κ3) is 5.10. The number of nitrogens with one attached hydrogen (secondary N) is 3. The molecule has 41 heavy (non-hydrogen) atoms. The van der Waals surface area contributed by atoms with Gasteiger partial charge < -0.3 is 20.8 Å². The Hall–Kier alpha value is -4.11. The van der Waals surface area contributed by atoms with Crippen molar-refractivity contribution in [3.63, 3.8) is 0 Å². The summed E-state index contributed by atoms with van der Waals surface area (Å²) in [5.41, 5.74) is 7.48. The van der Waals surface area contributed by atoms with Gasteiger partial charge >= 0.3 is 0 Å². The number of halogens is 3. The molecular formula is C24H18Cl3N9O4S. The molecule has 3 aromatic heterocycles. The molecule has 1 aliphatic heterocycles. The Morgan fingerprint density at radius 2 is 1.88 bits per heavy atom. The molecule has 0 atom stereocenters. The highest BCUT2D eigenvalue weighted by molar-refractivity contribution is 7.92. The molecule has 1 amide bonds. The molecule has 0 saturated heterocycles.